The summed E-state index contributed by atoms with van der Waals surface area (Å²) in [5.41, 5.74) is 3.39. The van der Waals surface area contributed by atoms with Gasteiger partial charge < -0.3 is 9.63 Å². The molecule has 2 aliphatic rings. The van der Waals surface area contributed by atoms with Gasteiger partial charge in [0.15, 0.2) is 13.7 Å². The lowest BCUT2D eigenvalue weighted by Gasteiger charge is -2.42. The van der Waals surface area contributed by atoms with E-state index in [0.717, 1.165) is 63.9 Å². The molecule has 1 aliphatic carbocycles. The lowest BCUT2D eigenvalue weighted by atomic mass is 9.89. The zero-order valence-corrected chi connectivity index (χ0v) is 30.2. The maximum atomic E-state index is 16.6. The number of rotatable bonds is 11. The van der Waals surface area contributed by atoms with Crippen molar-refractivity contribution in [2.75, 3.05) is 7.11 Å². The van der Waals surface area contributed by atoms with Crippen molar-refractivity contribution in [3.05, 3.63) is 162 Å². The Balaban J connectivity index is 1.27. The number of carbonyl (C=O) groups is 1. The predicted octanol–water partition coefficient (Wildman–Crippen LogP) is 9.41. The lowest BCUT2D eigenvalue weighted by Crippen LogP contribution is -2.45. The summed E-state index contributed by atoms with van der Waals surface area (Å²) in [5.74, 6) is 0.0336. The number of methoxy groups -OCH3 is 1. The highest BCUT2D eigenvalue weighted by molar-refractivity contribution is 7.62. The van der Waals surface area contributed by atoms with Gasteiger partial charge in [0.1, 0.15) is 11.6 Å². The zero-order valence-electron chi connectivity index (χ0n) is 29.3. The van der Waals surface area contributed by atoms with Gasteiger partial charge in [0, 0.05) is 17.5 Å². The van der Waals surface area contributed by atoms with Crippen LogP contribution in [0, 0.1) is 5.82 Å². The number of fused-ring (bicyclic) bond motifs is 3. The molecule has 8 rings (SSSR count). The first-order chi connectivity index (χ1) is 25.4. The molecule has 6 nitrogen and oxygen atoms in total. The lowest BCUT2D eigenvalue weighted by molar-refractivity contribution is -0.196. The first-order valence-electron chi connectivity index (χ1n) is 18.2. The van der Waals surface area contributed by atoms with Gasteiger partial charge in [0.05, 0.1) is 38.3 Å². The van der Waals surface area contributed by atoms with Gasteiger partial charge in [-0.15, -0.1) is 9.34 Å². The third-order valence-corrected chi connectivity index (χ3v) is 13.9. The second kappa shape index (κ2) is 14.9. The molecular weight excluding hydrogens is 668 g/mol. The van der Waals surface area contributed by atoms with Crippen LogP contribution in [0.15, 0.2) is 133 Å². The molecular formula is C44H43FN3O3P. The zero-order chi connectivity index (χ0) is 35.7. The van der Waals surface area contributed by atoms with E-state index in [1.165, 1.54) is 24.3 Å². The van der Waals surface area contributed by atoms with Crippen molar-refractivity contribution in [2.45, 2.75) is 63.3 Å². The Hall–Kier alpha value is -4.49. The minimum absolute atomic E-state index is 0.00947. The number of benzene rings is 6. The number of halogens is 1. The van der Waals surface area contributed by atoms with Crippen LogP contribution in [-0.2, 0) is 13.1 Å². The van der Waals surface area contributed by atoms with Crippen LogP contribution in [0.3, 0.4) is 0 Å². The molecule has 6 aromatic rings. The normalized spacial score (nSPS) is 19.4. The topological polar surface area (TPSA) is 67.9 Å². The van der Waals surface area contributed by atoms with Crippen LogP contribution in [0.2, 0.25) is 0 Å². The Labute approximate surface area is 305 Å². The van der Waals surface area contributed by atoms with Crippen molar-refractivity contribution in [3.63, 3.8) is 0 Å². The summed E-state index contributed by atoms with van der Waals surface area (Å²) in [7, 11) is -2.03. The molecule has 0 unspecified atom stereocenters. The quantitative estimate of drug-likeness (QED) is 0.107. The number of carbonyl (C=O) groups excluding carboxylic acids is 1. The summed E-state index contributed by atoms with van der Waals surface area (Å²) in [6.07, 6.45) is 4.00. The number of para-hydroxylation sites is 1. The van der Waals surface area contributed by atoms with E-state index in [9.17, 15) is 9.18 Å². The molecule has 3 atom stereocenters. The van der Waals surface area contributed by atoms with Crippen molar-refractivity contribution in [1.82, 2.24) is 14.4 Å². The first-order valence-corrected chi connectivity index (χ1v) is 19.8. The largest absolute Gasteiger partial charge is 0.636 e. The second-order valence-corrected chi connectivity index (χ2v) is 16.4. The van der Waals surface area contributed by atoms with Gasteiger partial charge in [-0.05, 0) is 75.8 Å². The van der Waals surface area contributed by atoms with E-state index in [-0.39, 0.29) is 24.3 Å². The van der Waals surface area contributed by atoms with Crippen LogP contribution in [-0.4, -0.2) is 34.3 Å². The van der Waals surface area contributed by atoms with E-state index < -0.39 is 19.8 Å². The number of nitrogens with one attached hydrogen (secondary N) is 1. The molecule has 0 bridgehead atoms. The van der Waals surface area contributed by atoms with Crippen LogP contribution in [0.4, 0.5) is 4.39 Å². The molecule has 0 spiro atoms. The minimum Gasteiger partial charge on any atom is -0.636 e. The van der Waals surface area contributed by atoms with Crippen LogP contribution in [0.25, 0.3) is 21.5 Å². The van der Waals surface area contributed by atoms with Crippen molar-refractivity contribution in [3.8, 4) is 5.75 Å². The van der Waals surface area contributed by atoms with Crippen LogP contribution in [0.5, 0.6) is 5.75 Å². The predicted molar refractivity (Wildman–Crippen MR) is 206 cm³/mol. The van der Waals surface area contributed by atoms with Crippen molar-refractivity contribution < 1.29 is 18.8 Å². The summed E-state index contributed by atoms with van der Waals surface area (Å²) < 4.78 is 24.2. The maximum Gasteiger partial charge on any atom is 0.184 e. The van der Waals surface area contributed by atoms with Gasteiger partial charge in [-0.25, -0.2) is 4.39 Å². The molecule has 6 aromatic carbocycles. The van der Waals surface area contributed by atoms with Gasteiger partial charge in [-0.1, -0.05) is 116 Å². The molecule has 52 heavy (non-hydrogen) atoms. The Morgan fingerprint density at radius 1 is 0.750 bits per heavy atom. The monoisotopic (exact) mass is 711 g/mol. The molecule has 1 N–H and O–H groups in total. The van der Waals surface area contributed by atoms with Crippen LogP contribution < -0.4 is 14.7 Å². The summed E-state index contributed by atoms with van der Waals surface area (Å²) in [6.45, 7) is 0.979. The van der Waals surface area contributed by atoms with Gasteiger partial charge >= 0.3 is 0 Å². The van der Waals surface area contributed by atoms with E-state index >= 15 is 4.89 Å². The number of hydrogen-bond donors (Lipinski definition) is 1. The summed E-state index contributed by atoms with van der Waals surface area (Å²) >= 11 is 0. The van der Waals surface area contributed by atoms with Gasteiger partial charge in [0.2, 0.25) is 0 Å². The molecule has 1 heterocycles. The third kappa shape index (κ3) is 6.64. The molecule has 8 heteroatoms. The molecule has 264 valence electrons. The summed E-state index contributed by atoms with van der Waals surface area (Å²) in [4.78, 5) is 30.6. The average molecular weight is 712 g/mol. The smallest absolute Gasteiger partial charge is 0.184 e. The molecule has 1 saturated carbocycles. The van der Waals surface area contributed by atoms with E-state index in [1.807, 2.05) is 36.4 Å². The minimum atomic E-state index is -3.64. The first kappa shape index (κ1) is 34.6. The SMILES string of the molecule is COc1ccccc1[C@@H](CC(=O)c1ccc(F)cc1)N[P+]1([O-])N(Cc2cccc3ccccc23)[C@@H]2CCCC[C@H]2N1Cc1cccc2ccccc12. The number of hydrogen-bond acceptors (Lipinski definition) is 6. The van der Waals surface area contributed by atoms with Crippen molar-refractivity contribution >= 4 is 35.3 Å². The third-order valence-electron chi connectivity index (χ3n) is 11.0. The highest BCUT2D eigenvalue weighted by Crippen LogP contribution is 2.66. The van der Waals surface area contributed by atoms with E-state index in [1.54, 1.807) is 7.11 Å². The van der Waals surface area contributed by atoms with E-state index in [2.05, 4.69) is 87.2 Å². The second-order valence-electron chi connectivity index (χ2n) is 14.0. The number of ketones is 1. The molecule has 0 aromatic heterocycles. The van der Waals surface area contributed by atoms with Gasteiger partial charge in [-0.2, -0.15) is 5.09 Å². The van der Waals surface area contributed by atoms with Crippen LogP contribution >= 0.6 is 7.94 Å². The summed E-state index contributed by atoms with van der Waals surface area (Å²) in [6, 6.07) is 42.1. The number of nitrogens with zero attached hydrogens (tertiary/aromatic N) is 2. The standard InChI is InChI=1S/C44H43FN3O3P/c1-51-44-23-9-6-20-39(44)40(28-43(49)33-24-26-36(45)27-25-33)46-52(50)47(29-34-16-10-14-31-12-2-4-18-37(31)34)41-21-7-8-22-42(41)48(52)30-35-17-11-15-32-13-3-5-19-38(32)35/h2-6,9-20,23-27,40-42H,7-8,21-22,28-30H2,1H3,(H,46,50)/t40-,41-,42-/m1/s1. The van der Waals surface area contributed by atoms with Crippen molar-refractivity contribution in [1.29, 1.82) is 0 Å². The van der Waals surface area contributed by atoms with Gasteiger partial charge in [-0.3, -0.25) is 4.79 Å². The molecule has 1 saturated heterocycles. The number of Topliss-reactive ketones (excluding diaryl/α,β-unsaturated/α-hetero) is 1. The molecule has 0 amide bonds. The summed E-state index contributed by atoms with van der Waals surface area (Å²) in [5, 5.41) is 8.30. The Bertz CT molecular complexity index is 2100. The fraction of sp³-hybridized carbons (Fsp3) is 0.250. The average Bonchev–Trinajstić information content (AvgIpc) is 3.40. The van der Waals surface area contributed by atoms with E-state index in [0.29, 0.717) is 24.4 Å². The fourth-order valence-electron chi connectivity index (χ4n) is 8.44. The molecule has 1 aliphatic heterocycles. The number of ether oxygens (including phenoxy) is 1. The Morgan fingerprint density at radius 3 is 1.85 bits per heavy atom. The van der Waals surface area contributed by atoms with Crippen LogP contribution in [0.1, 0.15) is 65.2 Å². The Morgan fingerprint density at radius 2 is 1.27 bits per heavy atom. The van der Waals surface area contributed by atoms with Crippen molar-refractivity contribution in [2.24, 2.45) is 0 Å². The van der Waals surface area contributed by atoms with E-state index in [4.69, 9.17) is 4.74 Å². The Kier molecular flexibility index (Phi) is 9.89. The molecule has 0 radical (unpaired) electrons. The highest BCUT2D eigenvalue weighted by Gasteiger charge is 2.60. The highest BCUT2D eigenvalue weighted by atomic mass is 31.2. The van der Waals surface area contributed by atoms with Gasteiger partial charge in [0.25, 0.3) is 0 Å². The maximum absolute atomic E-state index is 16.6. The fourth-order valence-corrected chi connectivity index (χ4v) is 11.7. The molecule has 2 fully saturated rings.